The summed E-state index contributed by atoms with van der Waals surface area (Å²) in [6.45, 7) is 6.81. The summed E-state index contributed by atoms with van der Waals surface area (Å²) in [4.78, 5) is 4.16. The van der Waals surface area contributed by atoms with Crippen LogP contribution in [0.1, 0.15) is 20.8 Å². The lowest BCUT2D eigenvalue weighted by Crippen LogP contribution is -2.39. The van der Waals surface area contributed by atoms with Crippen molar-refractivity contribution in [2.45, 2.75) is 31.7 Å². The molecule has 0 aliphatic heterocycles. The summed E-state index contributed by atoms with van der Waals surface area (Å²) in [6.07, 6.45) is 1.32. The smallest absolute Gasteiger partial charge is 0.244 e. The highest BCUT2D eigenvalue weighted by Crippen LogP contribution is 2.25. The average molecular weight is 336 g/mol. The van der Waals surface area contributed by atoms with E-state index in [4.69, 9.17) is 16.3 Å². The van der Waals surface area contributed by atoms with Crippen LogP contribution in [0.5, 0.6) is 0 Å². The van der Waals surface area contributed by atoms with Gasteiger partial charge in [-0.3, -0.25) is 0 Å². The molecule has 1 aromatic heterocycles. The number of ether oxygens (including phenoxy) is 1. The number of methoxy groups -OCH3 is 1. The van der Waals surface area contributed by atoms with Crippen LogP contribution in [0.3, 0.4) is 0 Å². The average Bonchev–Trinajstić information content (AvgIpc) is 2.41. The van der Waals surface area contributed by atoms with Crippen molar-refractivity contribution in [2.24, 2.45) is 0 Å². The Kier molecular flexibility index (Phi) is 6.86. The number of sulfonamides is 1. The topological polar surface area (TPSA) is 71.5 Å². The molecular formula is C13H22ClN3O3S. The minimum atomic E-state index is -3.65. The van der Waals surface area contributed by atoms with Crippen molar-refractivity contribution in [3.05, 3.63) is 17.3 Å². The van der Waals surface area contributed by atoms with Crippen LogP contribution in [0.25, 0.3) is 0 Å². The summed E-state index contributed by atoms with van der Waals surface area (Å²) >= 11 is 6.07. The van der Waals surface area contributed by atoms with Gasteiger partial charge in [0.1, 0.15) is 10.7 Å². The SMILES string of the molecule is CCNc1ncc(S(=O)(=O)N(CCOC)C(C)C)cc1Cl. The van der Waals surface area contributed by atoms with Gasteiger partial charge in [0.2, 0.25) is 10.0 Å². The molecule has 1 N–H and O–H groups in total. The number of rotatable bonds is 8. The van der Waals surface area contributed by atoms with Crippen LogP contribution in [0, 0.1) is 0 Å². The Labute approximate surface area is 131 Å². The minimum absolute atomic E-state index is 0.0824. The normalized spacial score (nSPS) is 12.1. The molecule has 21 heavy (non-hydrogen) atoms. The molecule has 0 aromatic carbocycles. The van der Waals surface area contributed by atoms with Gasteiger partial charge in [-0.1, -0.05) is 11.6 Å². The van der Waals surface area contributed by atoms with Crippen LogP contribution in [-0.4, -0.2) is 50.6 Å². The minimum Gasteiger partial charge on any atom is -0.383 e. The standard InChI is InChI=1S/C13H22ClN3O3S/c1-5-15-13-12(14)8-11(9-16-13)21(18,19)17(10(2)3)6-7-20-4/h8-10H,5-7H2,1-4H3,(H,15,16). The van der Waals surface area contributed by atoms with Gasteiger partial charge in [0.25, 0.3) is 0 Å². The van der Waals surface area contributed by atoms with Crippen molar-refractivity contribution in [1.82, 2.24) is 9.29 Å². The maximum atomic E-state index is 12.7. The fraction of sp³-hybridized carbons (Fsp3) is 0.615. The second kappa shape index (κ2) is 7.93. The van der Waals surface area contributed by atoms with Crippen molar-refractivity contribution in [3.63, 3.8) is 0 Å². The van der Waals surface area contributed by atoms with Crippen molar-refractivity contribution in [1.29, 1.82) is 0 Å². The highest BCUT2D eigenvalue weighted by atomic mass is 35.5. The third kappa shape index (κ3) is 4.54. The van der Waals surface area contributed by atoms with Crippen LogP contribution < -0.4 is 5.32 Å². The zero-order valence-corrected chi connectivity index (χ0v) is 14.3. The van der Waals surface area contributed by atoms with Gasteiger partial charge in [0, 0.05) is 32.4 Å². The van der Waals surface area contributed by atoms with Gasteiger partial charge in [-0.25, -0.2) is 13.4 Å². The quantitative estimate of drug-likeness (QED) is 0.788. The zero-order chi connectivity index (χ0) is 16.0. The molecule has 0 bridgehead atoms. The molecule has 0 radical (unpaired) electrons. The molecule has 0 saturated carbocycles. The van der Waals surface area contributed by atoms with E-state index in [9.17, 15) is 8.42 Å². The predicted molar refractivity (Wildman–Crippen MR) is 84.3 cm³/mol. The number of halogens is 1. The Hall–Kier alpha value is -0.890. The zero-order valence-electron chi connectivity index (χ0n) is 12.8. The third-order valence-corrected chi connectivity index (χ3v) is 5.19. The predicted octanol–water partition coefficient (Wildman–Crippen LogP) is 2.21. The number of aromatic nitrogens is 1. The van der Waals surface area contributed by atoms with E-state index in [1.54, 1.807) is 0 Å². The summed E-state index contributed by atoms with van der Waals surface area (Å²) in [6, 6.07) is 1.24. The maximum absolute atomic E-state index is 12.7. The molecule has 0 fully saturated rings. The number of nitrogens with one attached hydrogen (secondary N) is 1. The molecule has 120 valence electrons. The van der Waals surface area contributed by atoms with Gasteiger partial charge in [-0.2, -0.15) is 4.31 Å². The van der Waals surface area contributed by atoms with Gasteiger partial charge < -0.3 is 10.1 Å². The molecule has 1 rings (SSSR count). The van der Waals surface area contributed by atoms with Crippen LogP contribution in [0.15, 0.2) is 17.2 Å². The molecular weight excluding hydrogens is 314 g/mol. The van der Waals surface area contributed by atoms with Crippen LogP contribution >= 0.6 is 11.6 Å². The third-order valence-electron chi connectivity index (χ3n) is 2.86. The molecule has 8 heteroatoms. The lowest BCUT2D eigenvalue weighted by Gasteiger charge is -2.25. The van der Waals surface area contributed by atoms with Gasteiger partial charge in [0.15, 0.2) is 0 Å². The summed E-state index contributed by atoms with van der Waals surface area (Å²) < 4.78 is 31.6. The van der Waals surface area contributed by atoms with E-state index < -0.39 is 10.0 Å². The molecule has 1 aromatic rings. The van der Waals surface area contributed by atoms with Crippen molar-refractivity contribution in [2.75, 3.05) is 32.1 Å². The van der Waals surface area contributed by atoms with E-state index in [2.05, 4.69) is 10.3 Å². The Morgan fingerprint density at radius 1 is 1.48 bits per heavy atom. The first-order valence-electron chi connectivity index (χ1n) is 6.74. The maximum Gasteiger partial charge on any atom is 0.244 e. The Bertz CT molecular complexity index is 564. The van der Waals surface area contributed by atoms with Crippen LogP contribution in [-0.2, 0) is 14.8 Å². The van der Waals surface area contributed by atoms with E-state index in [1.807, 2.05) is 20.8 Å². The molecule has 0 aliphatic rings. The van der Waals surface area contributed by atoms with Crippen molar-refractivity contribution in [3.8, 4) is 0 Å². The summed E-state index contributed by atoms with van der Waals surface area (Å²) in [5.41, 5.74) is 0. The lowest BCUT2D eigenvalue weighted by molar-refractivity contribution is 0.171. The molecule has 0 amide bonds. The number of hydrogen-bond donors (Lipinski definition) is 1. The van der Waals surface area contributed by atoms with E-state index in [-0.39, 0.29) is 22.5 Å². The Morgan fingerprint density at radius 2 is 2.14 bits per heavy atom. The highest BCUT2D eigenvalue weighted by Gasteiger charge is 2.27. The van der Waals surface area contributed by atoms with Crippen LogP contribution in [0.4, 0.5) is 5.82 Å². The van der Waals surface area contributed by atoms with Crippen molar-refractivity contribution < 1.29 is 13.2 Å². The second-order valence-electron chi connectivity index (χ2n) is 4.73. The van der Waals surface area contributed by atoms with Crippen molar-refractivity contribution >= 4 is 27.4 Å². The van der Waals surface area contributed by atoms with Gasteiger partial charge >= 0.3 is 0 Å². The van der Waals surface area contributed by atoms with E-state index in [1.165, 1.54) is 23.7 Å². The molecule has 0 aliphatic carbocycles. The fourth-order valence-electron chi connectivity index (χ4n) is 1.83. The van der Waals surface area contributed by atoms with Gasteiger partial charge in [0.05, 0.1) is 11.6 Å². The fourth-order valence-corrected chi connectivity index (χ4v) is 3.72. The molecule has 0 unspecified atom stereocenters. The Morgan fingerprint density at radius 3 is 2.62 bits per heavy atom. The molecule has 0 saturated heterocycles. The molecule has 0 spiro atoms. The van der Waals surface area contributed by atoms with E-state index >= 15 is 0 Å². The largest absolute Gasteiger partial charge is 0.383 e. The molecule has 0 atom stereocenters. The summed E-state index contributed by atoms with van der Waals surface area (Å²) in [5.74, 6) is 0.478. The number of anilines is 1. The highest BCUT2D eigenvalue weighted by molar-refractivity contribution is 7.89. The van der Waals surface area contributed by atoms with Gasteiger partial charge in [-0.05, 0) is 26.8 Å². The summed E-state index contributed by atoms with van der Waals surface area (Å²) in [7, 11) is -2.11. The van der Waals surface area contributed by atoms with Gasteiger partial charge in [-0.15, -0.1) is 0 Å². The first kappa shape index (κ1) is 18.2. The summed E-state index contributed by atoms with van der Waals surface area (Å²) in [5, 5.41) is 3.25. The number of nitrogens with zero attached hydrogens (tertiary/aromatic N) is 2. The monoisotopic (exact) mass is 335 g/mol. The number of hydrogen-bond acceptors (Lipinski definition) is 5. The van der Waals surface area contributed by atoms with E-state index in [0.717, 1.165) is 0 Å². The van der Waals surface area contributed by atoms with Crippen LogP contribution in [0.2, 0.25) is 5.02 Å². The van der Waals surface area contributed by atoms with E-state index in [0.29, 0.717) is 19.0 Å². The first-order valence-corrected chi connectivity index (χ1v) is 8.56. The Balaban J connectivity index is 3.13. The molecule has 6 nitrogen and oxygen atoms in total. The molecule has 1 heterocycles. The number of pyridine rings is 1. The lowest BCUT2D eigenvalue weighted by atomic mass is 10.4. The second-order valence-corrected chi connectivity index (χ2v) is 7.03. The first-order chi connectivity index (χ1) is 9.84.